The van der Waals surface area contributed by atoms with Gasteiger partial charge in [-0.1, -0.05) is 29.8 Å². The van der Waals surface area contributed by atoms with Gasteiger partial charge in [-0.25, -0.2) is 9.97 Å². The molecule has 1 aromatic heterocycles. The topological polar surface area (TPSA) is 90.7 Å². The van der Waals surface area contributed by atoms with E-state index in [2.05, 4.69) is 20.6 Å². The number of carbonyl (C=O) groups is 1. The van der Waals surface area contributed by atoms with Gasteiger partial charge in [-0.2, -0.15) is 5.26 Å². The van der Waals surface area contributed by atoms with Crippen LogP contribution in [0, 0.1) is 18.3 Å². The van der Waals surface area contributed by atoms with Gasteiger partial charge in [-0.15, -0.1) is 0 Å². The number of nitrogens with one attached hydrogen (secondary N) is 2. The average molecular weight is 329 g/mol. The zero-order valence-corrected chi connectivity index (χ0v) is 13.5. The Balaban J connectivity index is 1.77. The van der Waals surface area contributed by atoms with Crippen molar-refractivity contribution in [2.24, 2.45) is 0 Å². The Morgan fingerprint density at radius 1 is 1.08 bits per heavy atom. The van der Waals surface area contributed by atoms with Gasteiger partial charge in [0.25, 0.3) is 5.91 Å². The van der Waals surface area contributed by atoms with Crippen LogP contribution in [0.1, 0.15) is 21.6 Å². The second-order valence-corrected chi connectivity index (χ2v) is 5.37. The van der Waals surface area contributed by atoms with E-state index < -0.39 is 5.91 Å². The van der Waals surface area contributed by atoms with Gasteiger partial charge in [0.1, 0.15) is 11.8 Å². The summed E-state index contributed by atoms with van der Waals surface area (Å²) in [7, 11) is 0. The molecule has 2 aromatic carbocycles. The molecule has 6 nitrogen and oxygen atoms in total. The molecule has 0 bridgehead atoms. The summed E-state index contributed by atoms with van der Waals surface area (Å²) in [6.45, 7) is 2.00. The SMILES string of the molecule is Cc1ccc(Nc2nccc(C(=O)Nc3ccccc3C#N)n2)cc1. The van der Waals surface area contributed by atoms with Gasteiger partial charge in [0, 0.05) is 11.9 Å². The predicted octanol–water partition coefficient (Wildman–Crippen LogP) is 3.65. The van der Waals surface area contributed by atoms with Crippen molar-refractivity contribution >= 4 is 23.2 Å². The summed E-state index contributed by atoms with van der Waals surface area (Å²) in [6, 6.07) is 18.1. The van der Waals surface area contributed by atoms with Gasteiger partial charge in [-0.3, -0.25) is 4.79 Å². The maximum atomic E-state index is 12.4. The summed E-state index contributed by atoms with van der Waals surface area (Å²) in [5, 5.41) is 14.8. The van der Waals surface area contributed by atoms with Crippen LogP contribution in [0.2, 0.25) is 0 Å². The Hall–Kier alpha value is -3.72. The summed E-state index contributed by atoms with van der Waals surface area (Å²) >= 11 is 0. The third kappa shape index (κ3) is 3.98. The highest BCUT2D eigenvalue weighted by Crippen LogP contribution is 2.16. The number of aromatic nitrogens is 2. The molecule has 0 atom stereocenters. The Morgan fingerprint density at radius 2 is 1.84 bits per heavy atom. The van der Waals surface area contributed by atoms with Crippen molar-refractivity contribution < 1.29 is 4.79 Å². The van der Waals surface area contributed by atoms with Crippen LogP contribution in [0.4, 0.5) is 17.3 Å². The molecule has 0 unspecified atom stereocenters. The number of para-hydroxylation sites is 1. The van der Waals surface area contributed by atoms with Crippen LogP contribution in [0.25, 0.3) is 0 Å². The van der Waals surface area contributed by atoms with Crippen molar-refractivity contribution in [3.05, 3.63) is 77.6 Å². The van der Waals surface area contributed by atoms with Crippen molar-refractivity contribution in [1.29, 1.82) is 5.26 Å². The molecule has 0 aliphatic carbocycles. The minimum absolute atomic E-state index is 0.206. The van der Waals surface area contributed by atoms with Crippen LogP contribution < -0.4 is 10.6 Å². The van der Waals surface area contributed by atoms with Crippen LogP contribution in [-0.4, -0.2) is 15.9 Å². The molecule has 0 fully saturated rings. The number of aryl methyl sites for hydroxylation is 1. The smallest absolute Gasteiger partial charge is 0.274 e. The van der Waals surface area contributed by atoms with Crippen LogP contribution in [0.5, 0.6) is 0 Å². The fourth-order valence-corrected chi connectivity index (χ4v) is 2.19. The summed E-state index contributed by atoms with van der Waals surface area (Å²) < 4.78 is 0. The van der Waals surface area contributed by atoms with E-state index in [9.17, 15) is 4.79 Å². The number of carbonyl (C=O) groups excluding carboxylic acids is 1. The molecule has 25 heavy (non-hydrogen) atoms. The van der Waals surface area contributed by atoms with Crippen LogP contribution in [0.15, 0.2) is 60.8 Å². The molecule has 3 rings (SSSR count). The minimum atomic E-state index is -0.406. The van der Waals surface area contributed by atoms with Crippen molar-refractivity contribution in [1.82, 2.24) is 9.97 Å². The van der Waals surface area contributed by atoms with Crippen molar-refractivity contribution in [3.63, 3.8) is 0 Å². The molecule has 0 saturated carbocycles. The molecule has 0 aliphatic rings. The average Bonchev–Trinajstić information content (AvgIpc) is 2.64. The van der Waals surface area contributed by atoms with E-state index in [1.165, 1.54) is 12.3 Å². The van der Waals surface area contributed by atoms with Gasteiger partial charge in [0.15, 0.2) is 0 Å². The molecule has 0 radical (unpaired) electrons. The monoisotopic (exact) mass is 329 g/mol. The Morgan fingerprint density at radius 3 is 2.60 bits per heavy atom. The number of amides is 1. The van der Waals surface area contributed by atoms with Crippen LogP contribution >= 0.6 is 0 Å². The minimum Gasteiger partial charge on any atom is -0.324 e. The number of benzene rings is 2. The molecular formula is C19H15N5O. The lowest BCUT2D eigenvalue weighted by molar-refractivity contribution is 0.102. The van der Waals surface area contributed by atoms with Crippen LogP contribution in [0.3, 0.4) is 0 Å². The fourth-order valence-electron chi connectivity index (χ4n) is 2.19. The quantitative estimate of drug-likeness (QED) is 0.762. The molecule has 1 amide bonds. The maximum absolute atomic E-state index is 12.4. The molecule has 3 aromatic rings. The normalized spacial score (nSPS) is 9.92. The second-order valence-electron chi connectivity index (χ2n) is 5.37. The number of rotatable bonds is 4. The molecule has 122 valence electrons. The second kappa shape index (κ2) is 7.23. The standard InChI is InChI=1S/C19H15N5O/c1-13-6-8-15(9-7-13)22-19-21-11-10-17(24-19)18(25)23-16-5-3-2-4-14(16)12-20/h2-11H,1H3,(H,23,25)(H,21,22,24). The molecular weight excluding hydrogens is 314 g/mol. The van der Waals surface area contributed by atoms with E-state index in [4.69, 9.17) is 5.26 Å². The number of nitrogens with zero attached hydrogens (tertiary/aromatic N) is 3. The predicted molar refractivity (Wildman–Crippen MR) is 95.6 cm³/mol. The summed E-state index contributed by atoms with van der Waals surface area (Å²) in [5.41, 5.74) is 3.02. The van der Waals surface area contributed by atoms with E-state index >= 15 is 0 Å². The Kier molecular flexibility index (Phi) is 4.67. The Bertz CT molecular complexity index is 945. The zero-order chi connectivity index (χ0) is 17.6. The molecule has 2 N–H and O–H groups in total. The van der Waals surface area contributed by atoms with E-state index in [-0.39, 0.29) is 5.69 Å². The highest BCUT2D eigenvalue weighted by atomic mass is 16.1. The third-order valence-electron chi connectivity index (χ3n) is 3.49. The van der Waals surface area contributed by atoms with Gasteiger partial charge < -0.3 is 10.6 Å². The lowest BCUT2D eigenvalue weighted by Crippen LogP contribution is -2.15. The number of hydrogen-bond donors (Lipinski definition) is 2. The van der Waals surface area contributed by atoms with Gasteiger partial charge in [-0.05, 0) is 37.3 Å². The Labute approximate surface area is 145 Å². The molecule has 1 heterocycles. The number of anilines is 3. The first-order chi connectivity index (χ1) is 12.2. The summed E-state index contributed by atoms with van der Waals surface area (Å²) in [5.74, 6) is -0.0814. The third-order valence-corrected chi connectivity index (χ3v) is 3.49. The first-order valence-corrected chi connectivity index (χ1v) is 7.63. The lowest BCUT2D eigenvalue weighted by Gasteiger charge is -2.08. The largest absolute Gasteiger partial charge is 0.324 e. The van der Waals surface area contributed by atoms with Gasteiger partial charge in [0.05, 0.1) is 11.3 Å². The van der Waals surface area contributed by atoms with E-state index in [0.29, 0.717) is 17.2 Å². The number of nitriles is 1. The number of hydrogen-bond acceptors (Lipinski definition) is 5. The lowest BCUT2D eigenvalue weighted by atomic mass is 10.2. The van der Waals surface area contributed by atoms with E-state index in [0.717, 1.165) is 11.3 Å². The van der Waals surface area contributed by atoms with Crippen molar-refractivity contribution in [2.45, 2.75) is 6.92 Å². The molecule has 6 heteroatoms. The first-order valence-electron chi connectivity index (χ1n) is 7.63. The van der Waals surface area contributed by atoms with Crippen LogP contribution in [-0.2, 0) is 0 Å². The van der Waals surface area contributed by atoms with Crippen molar-refractivity contribution in [3.8, 4) is 6.07 Å². The molecule has 0 aliphatic heterocycles. The van der Waals surface area contributed by atoms with Crippen molar-refractivity contribution in [2.75, 3.05) is 10.6 Å². The zero-order valence-electron chi connectivity index (χ0n) is 13.5. The van der Waals surface area contributed by atoms with E-state index in [1.807, 2.05) is 37.3 Å². The van der Waals surface area contributed by atoms with Gasteiger partial charge >= 0.3 is 0 Å². The highest BCUT2D eigenvalue weighted by Gasteiger charge is 2.11. The summed E-state index contributed by atoms with van der Waals surface area (Å²) in [4.78, 5) is 20.7. The highest BCUT2D eigenvalue weighted by molar-refractivity contribution is 6.03. The fraction of sp³-hybridized carbons (Fsp3) is 0.0526. The molecule has 0 saturated heterocycles. The molecule has 0 spiro atoms. The maximum Gasteiger partial charge on any atom is 0.274 e. The summed E-state index contributed by atoms with van der Waals surface area (Å²) in [6.07, 6.45) is 1.51. The van der Waals surface area contributed by atoms with Gasteiger partial charge in [0.2, 0.25) is 5.95 Å². The van der Waals surface area contributed by atoms with E-state index in [1.54, 1.807) is 24.3 Å². The first kappa shape index (κ1) is 16.1.